The van der Waals surface area contributed by atoms with Gasteiger partial charge < -0.3 is 15.2 Å². The van der Waals surface area contributed by atoms with Crippen molar-refractivity contribution in [1.29, 1.82) is 0 Å². The molecule has 0 unspecified atom stereocenters. The smallest absolute Gasteiger partial charge is 0.269 e. The molecule has 3 aromatic carbocycles. The number of aromatic amines is 1. The fourth-order valence-electron chi connectivity index (χ4n) is 4.76. The Morgan fingerprint density at radius 3 is 2.64 bits per heavy atom. The highest BCUT2D eigenvalue weighted by Gasteiger charge is 2.31. The van der Waals surface area contributed by atoms with Gasteiger partial charge in [-0.1, -0.05) is 72.8 Å². The summed E-state index contributed by atoms with van der Waals surface area (Å²) in [5.41, 5.74) is 6.66. The predicted molar refractivity (Wildman–Crippen MR) is 133 cm³/mol. The highest BCUT2D eigenvalue weighted by Crippen LogP contribution is 2.34. The molecule has 1 aromatic heterocycles. The van der Waals surface area contributed by atoms with Gasteiger partial charge in [-0.05, 0) is 31.0 Å². The lowest BCUT2D eigenvalue weighted by Gasteiger charge is -2.33. The second-order valence-electron chi connectivity index (χ2n) is 8.43. The maximum absolute atomic E-state index is 13.3. The maximum atomic E-state index is 13.3. The molecule has 2 N–H and O–H groups in total. The molecule has 6 rings (SSSR count). The van der Waals surface area contributed by atoms with Crippen LogP contribution in [0.2, 0.25) is 0 Å². The number of carbonyl (C=O) groups is 1. The first-order chi connectivity index (χ1) is 16.3. The Hall–Kier alpha value is -4.12. The van der Waals surface area contributed by atoms with Crippen LogP contribution in [0.4, 0.5) is 5.69 Å². The van der Waals surface area contributed by atoms with Crippen LogP contribution in [0, 0.1) is 0 Å². The molecular formula is C28H24N4O. The number of aromatic nitrogens is 1. The standard InChI is InChI=1S/C28H24N4O/c33-28(23-18-20-12-4-6-14-22(20)29-23)31-27-25-16-8-9-17-32(25)24-15-7-5-13-21(24)26(30-27)19-10-2-1-3-11-19/h1-7,10-16,18,27,29H,8-9,17H2,(H,31,33)/t27-/m1/s1. The van der Waals surface area contributed by atoms with E-state index in [-0.39, 0.29) is 5.91 Å². The molecule has 1 amide bonds. The van der Waals surface area contributed by atoms with Crippen molar-refractivity contribution in [3.8, 4) is 0 Å². The number of hydrogen-bond acceptors (Lipinski definition) is 3. The predicted octanol–water partition coefficient (Wildman–Crippen LogP) is 5.26. The molecular weight excluding hydrogens is 408 g/mol. The van der Waals surface area contributed by atoms with Crippen LogP contribution in [-0.2, 0) is 0 Å². The van der Waals surface area contributed by atoms with Gasteiger partial charge >= 0.3 is 0 Å². The van der Waals surface area contributed by atoms with Crippen molar-refractivity contribution in [1.82, 2.24) is 10.3 Å². The summed E-state index contributed by atoms with van der Waals surface area (Å²) in [6.45, 7) is 0.902. The van der Waals surface area contributed by atoms with Crippen molar-refractivity contribution in [3.05, 3.63) is 114 Å². The van der Waals surface area contributed by atoms with E-state index in [0.29, 0.717) is 5.69 Å². The molecule has 4 aromatic rings. The van der Waals surface area contributed by atoms with Gasteiger partial charge in [0.05, 0.1) is 17.1 Å². The lowest BCUT2D eigenvalue weighted by Crippen LogP contribution is -2.42. The SMILES string of the molecule is O=C(N[C@H]1N=C(c2ccccc2)c2ccccc2N2CCCC=C12)c1cc2ccccc2[nH]1. The van der Waals surface area contributed by atoms with Crippen LogP contribution in [0.15, 0.2) is 102 Å². The van der Waals surface area contributed by atoms with Crippen LogP contribution in [0.5, 0.6) is 0 Å². The summed E-state index contributed by atoms with van der Waals surface area (Å²) in [4.78, 5) is 24.0. The summed E-state index contributed by atoms with van der Waals surface area (Å²) >= 11 is 0. The first-order valence-corrected chi connectivity index (χ1v) is 11.4. The van der Waals surface area contributed by atoms with Crippen LogP contribution in [0.25, 0.3) is 10.9 Å². The third-order valence-corrected chi connectivity index (χ3v) is 6.33. The molecule has 1 atom stereocenters. The summed E-state index contributed by atoms with van der Waals surface area (Å²) in [6, 6.07) is 28.4. The monoisotopic (exact) mass is 432 g/mol. The lowest BCUT2D eigenvalue weighted by molar-refractivity contribution is 0.0939. The van der Waals surface area contributed by atoms with E-state index in [1.807, 2.05) is 54.6 Å². The van der Waals surface area contributed by atoms with Gasteiger partial charge in [-0.3, -0.25) is 9.79 Å². The van der Waals surface area contributed by atoms with Crippen LogP contribution < -0.4 is 10.2 Å². The third kappa shape index (κ3) is 3.52. The van der Waals surface area contributed by atoms with E-state index in [1.165, 1.54) is 0 Å². The molecule has 0 spiro atoms. The molecule has 0 aliphatic carbocycles. The highest BCUT2D eigenvalue weighted by molar-refractivity contribution is 6.17. The van der Waals surface area contributed by atoms with Crippen LogP contribution in [0.3, 0.4) is 0 Å². The highest BCUT2D eigenvalue weighted by atomic mass is 16.2. The molecule has 3 heterocycles. The summed E-state index contributed by atoms with van der Waals surface area (Å²) in [6.07, 6.45) is 3.78. The first kappa shape index (κ1) is 19.6. The number of nitrogens with zero attached hydrogens (tertiary/aromatic N) is 2. The zero-order chi connectivity index (χ0) is 22.2. The van der Waals surface area contributed by atoms with Crippen molar-refractivity contribution in [3.63, 3.8) is 0 Å². The number of amides is 1. The normalized spacial score (nSPS) is 17.5. The van der Waals surface area contributed by atoms with Crippen molar-refractivity contribution < 1.29 is 4.79 Å². The van der Waals surface area contributed by atoms with Gasteiger partial charge in [0.2, 0.25) is 0 Å². The number of rotatable bonds is 3. The molecule has 162 valence electrons. The molecule has 0 bridgehead atoms. The van der Waals surface area contributed by atoms with Crippen molar-refractivity contribution in [2.45, 2.75) is 19.0 Å². The Labute approximate surface area is 192 Å². The number of benzene rings is 3. The Kier molecular flexibility index (Phi) is 4.80. The third-order valence-electron chi connectivity index (χ3n) is 6.33. The molecule has 33 heavy (non-hydrogen) atoms. The quantitative estimate of drug-likeness (QED) is 0.464. The number of aliphatic imine (C=N–C) groups is 1. The molecule has 2 aliphatic heterocycles. The fraction of sp³-hybridized carbons (Fsp3) is 0.143. The van der Waals surface area contributed by atoms with E-state index in [2.05, 4.69) is 51.6 Å². The largest absolute Gasteiger partial charge is 0.351 e. The lowest BCUT2D eigenvalue weighted by atomic mass is 10.00. The van der Waals surface area contributed by atoms with E-state index in [0.717, 1.165) is 58.5 Å². The molecule has 0 fully saturated rings. The number of fused-ring (bicyclic) bond motifs is 4. The van der Waals surface area contributed by atoms with Crippen LogP contribution in [-0.4, -0.2) is 29.3 Å². The van der Waals surface area contributed by atoms with Gasteiger partial charge in [-0.15, -0.1) is 0 Å². The second kappa shape index (κ2) is 8.10. The summed E-state index contributed by atoms with van der Waals surface area (Å²) in [5, 5.41) is 4.22. The molecule has 0 saturated carbocycles. The number of allylic oxidation sites excluding steroid dienone is 1. The molecule has 5 heteroatoms. The number of nitrogens with one attached hydrogen (secondary N) is 2. The van der Waals surface area contributed by atoms with Gasteiger partial charge in [0, 0.05) is 28.6 Å². The van der Waals surface area contributed by atoms with E-state index in [4.69, 9.17) is 4.99 Å². The topological polar surface area (TPSA) is 60.5 Å². The summed E-state index contributed by atoms with van der Waals surface area (Å²) in [7, 11) is 0. The average molecular weight is 433 g/mol. The fourth-order valence-corrected chi connectivity index (χ4v) is 4.76. The minimum Gasteiger partial charge on any atom is -0.351 e. The van der Waals surface area contributed by atoms with Gasteiger partial charge in [-0.25, -0.2) is 0 Å². The first-order valence-electron chi connectivity index (χ1n) is 11.4. The zero-order valence-electron chi connectivity index (χ0n) is 18.2. The summed E-state index contributed by atoms with van der Waals surface area (Å²) < 4.78 is 0. The Bertz CT molecular complexity index is 1370. The molecule has 5 nitrogen and oxygen atoms in total. The minimum absolute atomic E-state index is 0.162. The molecule has 0 radical (unpaired) electrons. The number of hydrogen-bond donors (Lipinski definition) is 2. The zero-order valence-corrected chi connectivity index (χ0v) is 18.2. The van der Waals surface area contributed by atoms with Crippen LogP contribution in [0.1, 0.15) is 34.5 Å². The number of H-pyrrole nitrogens is 1. The molecule has 2 aliphatic rings. The van der Waals surface area contributed by atoms with Gasteiger partial charge in [0.25, 0.3) is 5.91 Å². The van der Waals surface area contributed by atoms with E-state index in [1.54, 1.807) is 0 Å². The maximum Gasteiger partial charge on any atom is 0.269 e. The van der Waals surface area contributed by atoms with Gasteiger partial charge in [0.15, 0.2) is 6.17 Å². The van der Waals surface area contributed by atoms with E-state index < -0.39 is 6.17 Å². The van der Waals surface area contributed by atoms with Crippen LogP contribution >= 0.6 is 0 Å². The second-order valence-corrected chi connectivity index (χ2v) is 8.43. The Balaban J connectivity index is 1.45. The molecule has 0 saturated heterocycles. The number of anilines is 1. The van der Waals surface area contributed by atoms with Crippen molar-refractivity contribution in [2.75, 3.05) is 11.4 Å². The van der Waals surface area contributed by atoms with Crippen molar-refractivity contribution in [2.24, 2.45) is 4.99 Å². The summed E-state index contributed by atoms with van der Waals surface area (Å²) in [5.74, 6) is -0.162. The number of para-hydroxylation sites is 2. The van der Waals surface area contributed by atoms with Gasteiger partial charge in [-0.2, -0.15) is 0 Å². The van der Waals surface area contributed by atoms with Crippen molar-refractivity contribution >= 4 is 28.2 Å². The number of carbonyl (C=O) groups excluding carboxylic acids is 1. The minimum atomic E-state index is -0.480. The van der Waals surface area contributed by atoms with E-state index in [9.17, 15) is 4.79 Å². The Morgan fingerprint density at radius 1 is 0.970 bits per heavy atom. The average Bonchev–Trinajstić information content (AvgIpc) is 3.26. The Morgan fingerprint density at radius 2 is 1.76 bits per heavy atom. The van der Waals surface area contributed by atoms with E-state index >= 15 is 0 Å². The van der Waals surface area contributed by atoms with Gasteiger partial charge in [0.1, 0.15) is 5.69 Å².